The van der Waals surface area contributed by atoms with Crippen LogP contribution in [-0.4, -0.2) is 60.1 Å². The lowest BCUT2D eigenvalue weighted by molar-refractivity contribution is -0.00628. The average molecular weight is 266 g/mol. The Hall–Kier alpha value is -0.910. The van der Waals surface area contributed by atoms with Crippen LogP contribution in [0.15, 0.2) is 12.3 Å². The van der Waals surface area contributed by atoms with Crippen LogP contribution in [0.4, 0.5) is 0 Å². The largest absolute Gasteiger partial charge is 0.378 e. The number of morpholine rings is 1. The Morgan fingerprint density at radius 1 is 1.53 bits per heavy atom. The third-order valence-corrected chi connectivity index (χ3v) is 3.73. The normalized spacial score (nSPS) is 20.8. The lowest BCUT2D eigenvalue weighted by Crippen LogP contribution is -2.51. The monoisotopic (exact) mass is 266 g/mol. The Labute approximate surface area is 115 Å². The molecule has 5 heteroatoms. The fraction of sp³-hybridized carbons (Fsp3) is 0.786. The van der Waals surface area contributed by atoms with Crippen molar-refractivity contribution in [3.63, 3.8) is 0 Å². The van der Waals surface area contributed by atoms with Gasteiger partial charge >= 0.3 is 0 Å². The molecule has 1 aromatic heterocycles. The van der Waals surface area contributed by atoms with Gasteiger partial charge in [0.25, 0.3) is 0 Å². The summed E-state index contributed by atoms with van der Waals surface area (Å²) in [7, 11) is 2.01. The van der Waals surface area contributed by atoms with Crippen molar-refractivity contribution in [1.82, 2.24) is 20.0 Å². The second kappa shape index (κ2) is 7.62. The lowest BCUT2D eigenvalue weighted by Gasteiger charge is -2.35. The van der Waals surface area contributed by atoms with E-state index in [0.717, 1.165) is 45.8 Å². The first-order chi connectivity index (χ1) is 9.31. The van der Waals surface area contributed by atoms with Gasteiger partial charge in [-0.3, -0.25) is 9.58 Å². The van der Waals surface area contributed by atoms with E-state index in [2.05, 4.69) is 28.3 Å². The molecule has 0 radical (unpaired) electrons. The van der Waals surface area contributed by atoms with Crippen LogP contribution in [0.25, 0.3) is 0 Å². The molecule has 1 fully saturated rings. The molecule has 1 saturated heterocycles. The van der Waals surface area contributed by atoms with Gasteiger partial charge in [-0.05, 0) is 19.0 Å². The summed E-state index contributed by atoms with van der Waals surface area (Å²) in [4.78, 5) is 2.54. The predicted molar refractivity (Wildman–Crippen MR) is 76.3 cm³/mol. The maximum absolute atomic E-state index is 5.60. The molecule has 2 rings (SSSR count). The number of nitrogens with zero attached hydrogens (tertiary/aromatic N) is 3. The number of rotatable bonds is 7. The molecule has 1 aliphatic rings. The number of ether oxygens (including phenoxy) is 1. The summed E-state index contributed by atoms with van der Waals surface area (Å²) < 4.78 is 7.57. The predicted octanol–water partition coefficient (Wildman–Crippen LogP) is 0.663. The highest BCUT2D eigenvalue weighted by atomic mass is 16.5. The van der Waals surface area contributed by atoms with Crippen molar-refractivity contribution in [2.24, 2.45) is 7.05 Å². The van der Waals surface area contributed by atoms with Crippen molar-refractivity contribution < 1.29 is 4.74 Å². The zero-order valence-corrected chi connectivity index (χ0v) is 12.1. The Kier molecular flexibility index (Phi) is 5.82. The summed E-state index contributed by atoms with van der Waals surface area (Å²) in [6.45, 7) is 8.14. The van der Waals surface area contributed by atoms with Gasteiger partial charge in [-0.15, -0.1) is 0 Å². The Balaban J connectivity index is 1.80. The van der Waals surface area contributed by atoms with Crippen LogP contribution in [0, 0.1) is 0 Å². The second-order valence-electron chi connectivity index (χ2n) is 5.16. The van der Waals surface area contributed by atoms with Crippen LogP contribution in [0.3, 0.4) is 0 Å². The van der Waals surface area contributed by atoms with Gasteiger partial charge in [-0.1, -0.05) is 6.92 Å². The Bertz CT molecular complexity index is 366. The first-order valence-corrected chi connectivity index (χ1v) is 7.30. The molecule has 0 amide bonds. The smallest absolute Gasteiger partial charge is 0.0634 e. The number of nitrogens with one attached hydrogen (secondary N) is 1. The third kappa shape index (κ3) is 4.30. The maximum Gasteiger partial charge on any atom is 0.0634 e. The SMILES string of the molecule is CCCNCC1COCCN1CCc1ccnn1C. The minimum Gasteiger partial charge on any atom is -0.378 e. The van der Waals surface area contributed by atoms with E-state index in [1.165, 1.54) is 12.1 Å². The molecule has 0 aliphatic carbocycles. The number of hydrogen-bond donors (Lipinski definition) is 1. The summed E-state index contributed by atoms with van der Waals surface area (Å²) in [5.41, 5.74) is 1.30. The van der Waals surface area contributed by atoms with E-state index in [4.69, 9.17) is 4.74 Å². The molecule has 108 valence electrons. The minimum atomic E-state index is 0.508. The van der Waals surface area contributed by atoms with Gasteiger partial charge in [0, 0.05) is 51.0 Å². The molecule has 1 N–H and O–H groups in total. The van der Waals surface area contributed by atoms with E-state index in [1.807, 2.05) is 17.9 Å². The zero-order valence-electron chi connectivity index (χ0n) is 12.1. The zero-order chi connectivity index (χ0) is 13.5. The summed E-state index contributed by atoms with van der Waals surface area (Å²) >= 11 is 0. The van der Waals surface area contributed by atoms with Crippen molar-refractivity contribution >= 4 is 0 Å². The first-order valence-electron chi connectivity index (χ1n) is 7.30. The first kappa shape index (κ1) is 14.5. The van der Waals surface area contributed by atoms with Crippen LogP contribution in [0.1, 0.15) is 19.0 Å². The molecule has 5 nitrogen and oxygen atoms in total. The van der Waals surface area contributed by atoms with Crippen molar-refractivity contribution in [2.75, 3.05) is 39.4 Å². The Morgan fingerprint density at radius 3 is 3.16 bits per heavy atom. The fourth-order valence-electron chi connectivity index (χ4n) is 2.52. The van der Waals surface area contributed by atoms with Crippen molar-refractivity contribution in [2.45, 2.75) is 25.8 Å². The molecule has 19 heavy (non-hydrogen) atoms. The topological polar surface area (TPSA) is 42.3 Å². The van der Waals surface area contributed by atoms with E-state index < -0.39 is 0 Å². The summed E-state index contributed by atoms with van der Waals surface area (Å²) in [6.07, 6.45) is 4.11. The van der Waals surface area contributed by atoms with Gasteiger partial charge in [0.15, 0.2) is 0 Å². The molecule has 1 aliphatic heterocycles. The van der Waals surface area contributed by atoms with Crippen molar-refractivity contribution in [3.05, 3.63) is 18.0 Å². The molecular weight excluding hydrogens is 240 g/mol. The molecule has 1 unspecified atom stereocenters. The fourth-order valence-corrected chi connectivity index (χ4v) is 2.52. The highest BCUT2D eigenvalue weighted by Gasteiger charge is 2.22. The van der Waals surface area contributed by atoms with E-state index >= 15 is 0 Å². The van der Waals surface area contributed by atoms with Gasteiger partial charge in [-0.25, -0.2) is 0 Å². The van der Waals surface area contributed by atoms with E-state index in [1.54, 1.807) is 0 Å². The van der Waals surface area contributed by atoms with Crippen molar-refractivity contribution in [1.29, 1.82) is 0 Å². The summed E-state index contributed by atoms with van der Waals surface area (Å²) in [6, 6.07) is 2.61. The molecule has 0 bridgehead atoms. The van der Waals surface area contributed by atoms with Gasteiger partial charge in [-0.2, -0.15) is 5.10 Å². The average Bonchev–Trinajstić information content (AvgIpc) is 2.83. The van der Waals surface area contributed by atoms with E-state index in [-0.39, 0.29) is 0 Å². The molecular formula is C14H26N4O. The highest BCUT2D eigenvalue weighted by molar-refractivity contribution is 5.00. The van der Waals surface area contributed by atoms with Crippen LogP contribution in [0.5, 0.6) is 0 Å². The lowest BCUT2D eigenvalue weighted by atomic mass is 10.2. The Morgan fingerprint density at radius 2 is 2.42 bits per heavy atom. The summed E-state index contributed by atoms with van der Waals surface area (Å²) in [5.74, 6) is 0. The number of aryl methyl sites for hydroxylation is 1. The molecule has 2 heterocycles. The maximum atomic E-state index is 5.60. The van der Waals surface area contributed by atoms with Gasteiger partial charge in [0.05, 0.1) is 13.2 Å². The van der Waals surface area contributed by atoms with E-state index in [9.17, 15) is 0 Å². The van der Waals surface area contributed by atoms with Crippen LogP contribution in [0.2, 0.25) is 0 Å². The molecule has 1 atom stereocenters. The number of aromatic nitrogens is 2. The van der Waals surface area contributed by atoms with Crippen LogP contribution in [-0.2, 0) is 18.2 Å². The molecule has 1 aromatic rings. The van der Waals surface area contributed by atoms with Gasteiger partial charge in [0.2, 0.25) is 0 Å². The highest BCUT2D eigenvalue weighted by Crippen LogP contribution is 2.08. The molecule has 0 aromatic carbocycles. The quantitative estimate of drug-likeness (QED) is 0.736. The third-order valence-electron chi connectivity index (χ3n) is 3.73. The van der Waals surface area contributed by atoms with Crippen LogP contribution >= 0.6 is 0 Å². The van der Waals surface area contributed by atoms with Crippen molar-refractivity contribution in [3.8, 4) is 0 Å². The van der Waals surface area contributed by atoms with Gasteiger partial charge < -0.3 is 10.1 Å². The van der Waals surface area contributed by atoms with E-state index in [0.29, 0.717) is 6.04 Å². The second-order valence-corrected chi connectivity index (χ2v) is 5.16. The minimum absolute atomic E-state index is 0.508. The molecule has 0 saturated carbocycles. The standard InChI is InChI=1S/C14H26N4O/c1-3-6-15-11-14-12-19-10-9-18(14)8-5-13-4-7-16-17(13)2/h4,7,14-15H,3,5-6,8-12H2,1-2H3. The number of hydrogen-bond acceptors (Lipinski definition) is 4. The molecule has 0 spiro atoms. The van der Waals surface area contributed by atoms with Crippen LogP contribution < -0.4 is 5.32 Å². The summed E-state index contributed by atoms with van der Waals surface area (Å²) in [5, 5.41) is 7.72. The van der Waals surface area contributed by atoms with Gasteiger partial charge in [0.1, 0.15) is 0 Å².